The Labute approximate surface area is 129 Å². The number of methoxy groups -OCH3 is 1. The van der Waals surface area contributed by atoms with Crippen molar-refractivity contribution in [1.29, 1.82) is 0 Å². The van der Waals surface area contributed by atoms with E-state index >= 15 is 0 Å². The van der Waals surface area contributed by atoms with Crippen LogP contribution in [0.4, 0.5) is 0 Å². The standard InChI is InChI=1S/C15H24BrNOS/c1-11-5-4-7-15(10-11,18-3)14(17-2)9-13-12(16)6-8-19-13/h6,8,11,14,17H,4-5,7,9-10H2,1-3H3. The van der Waals surface area contributed by atoms with Gasteiger partial charge in [-0.05, 0) is 53.2 Å². The molecule has 0 bridgehead atoms. The molecular weight excluding hydrogens is 322 g/mol. The van der Waals surface area contributed by atoms with Crippen LogP contribution in [-0.2, 0) is 11.2 Å². The lowest BCUT2D eigenvalue weighted by Gasteiger charge is -2.44. The quantitative estimate of drug-likeness (QED) is 0.861. The molecule has 0 aliphatic heterocycles. The van der Waals surface area contributed by atoms with Crippen molar-refractivity contribution >= 4 is 27.3 Å². The number of hydrogen-bond donors (Lipinski definition) is 1. The maximum Gasteiger partial charge on any atom is 0.0836 e. The van der Waals surface area contributed by atoms with Crippen molar-refractivity contribution in [3.8, 4) is 0 Å². The average Bonchev–Trinajstić information content (AvgIpc) is 2.81. The summed E-state index contributed by atoms with van der Waals surface area (Å²) in [6, 6.07) is 2.52. The van der Waals surface area contributed by atoms with Gasteiger partial charge in [-0.15, -0.1) is 11.3 Å². The fraction of sp³-hybridized carbons (Fsp3) is 0.733. The molecule has 2 rings (SSSR count). The molecule has 1 N–H and O–H groups in total. The molecule has 2 nitrogen and oxygen atoms in total. The molecule has 1 heterocycles. The van der Waals surface area contributed by atoms with Crippen LogP contribution in [0.5, 0.6) is 0 Å². The number of halogens is 1. The van der Waals surface area contributed by atoms with Gasteiger partial charge in [0.1, 0.15) is 0 Å². The molecule has 0 aromatic carbocycles. The second-order valence-electron chi connectivity index (χ2n) is 5.71. The third kappa shape index (κ3) is 3.41. The van der Waals surface area contributed by atoms with Crippen LogP contribution in [0, 0.1) is 5.92 Å². The predicted octanol–water partition coefficient (Wildman–Crippen LogP) is 4.24. The Bertz CT molecular complexity index is 409. The third-order valence-electron chi connectivity index (χ3n) is 4.46. The summed E-state index contributed by atoms with van der Waals surface area (Å²) in [7, 11) is 3.94. The van der Waals surface area contributed by atoms with E-state index in [4.69, 9.17) is 4.74 Å². The van der Waals surface area contributed by atoms with Crippen molar-refractivity contribution < 1.29 is 4.74 Å². The zero-order valence-electron chi connectivity index (χ0n) is 12.0. The summed E-state index contributed by atoms with van der Waals surface area (Å²) in [5.74, 6) is 0.760. The molecule has 1 aromatic heterocycles. The minimum absolute atomic E-state index is 0.00412. The Hall–Kier alpha value is 0.1000. The summed E-state index contributed by atoms with van der Waals surface area (Å²) in [4.78, 5) is 1.41. The maximum atomic E-state index is 6.02. The van der Waals surface area contributed by atoms with Crippen molar-refractivity contribution in [3.05, 3.63) is 20.8 Å². The zero-order chi connectivity index (χ0) is 13.9. The Morgan fingerprint density at radius 1 is 1.63 bits per heavy atom. The molecule has 3 unspecified atom stereocenters. The molecule has 3 atom stereocenters. The van der Waals surface area contributed by atoms with Crippen LogP contribution >= 0.6 is 27.3 Å². The molecule has 108 valence electrons. The molecule has 1 fully saturated rings. The van der Waals surface area contributed by atoms with Gasteiger partial charge in [0.05, 0.1) is 5.60 Å². The molecule has 4 heteroatoms. The van der Waals surface area contributed by atoms with Gasteiger partial charge in [-0.25, -0.2) is 0 Å². The summed E-state index contributed by atoms with van der Waals surface area (Å²) < 4.78 is 7.25. The van der Waals surface area contributed by atoms with Gasteiger partial charge in [-0.3, -0.25) is 0 Å². The van der Waals surface area contributed by atoms with Gasteiger partial charge >= 0.3 is 0 Å². The highest BCUT2D eigenvalue weighted by molar-refractivity contribution is 9.10. The van der Waals surface area contributed by atoms with Crippen LogP contribution in [-0.4, -0.2) is 25.8 Å². The summed E-state index contributed by atoms with van der Waals surface area (Å²) in [6.07, 6.45) is 5.98. The van der Waals surface area contributed by atoms with Crippen LogP contribution in [0.3, 0.4) is 0 Å². The van der Waals surface area contributed by atoms with E-state index in [1.165, 1.54) is 28.6 Å². The van der Waals surface area contributed by atoms with E-state index in [0.717, 1.165) is 18.8 Å². The van der Waals surface area contributed by atoms with Crippen LogP contribution in [0.25, 0.3) is 0 Å². The van der Waals surface area contributed by atoms with Crippen LogP contribution in [0.15, 0.2) is 15.9 Å². The van der Waals surface area contributed by atoms with E-state index < -0.39 is 0 Å². The van der Waals surface area contributed by atoms with E-state index in [9.17, 15) is 0 Å². The second kappa shape index (κ2) is 6.70. The van der Waals surface area contributed by atoms with Crippen LogP contribution < -0.4 is 5.32 Å². The lowest BCUT2D eigenvalue weighted by atomic mass is 9.73. The van der Waals surface area contributed by atoms with Gasteiger partial charge in [0.15, 0.2) is 0 Å². The first-order valence-electron chi connectivity index (χ1n) is 7.05. The molecule has 1 saturated carbocycles. The number of hydrogen-bond acceptors (Lipinski definition) is 3. The van der Waals surface area contributed by atoms with Crippen molar-refractivity contribution in [2.45, 2.75) is 50.7 Å². The highest BCUT2D eigenvalue weighted by atomic mass is 79.9. The predicted molar refractivity (Wildman–Crippen MR) is 85.9 cm³/mol. The Morgan fingerprint density at radius 2 is 2.42 bits per heavy atom. The fourth-order valence-corrected chi connectivity index (χ4v) is 4.96. The first-order chi connectivity index (χ1) is 9.11. The van der Waals surface area contributed by atoms with Crippen molar-refractivity contribution in [3.63, 3.8) is 0 Å². The molecule has 0 spiro atoms. The SMILES string of the molecule is CNC(Cc1sccc1Br)C1(OC)CCCC(C)C1. The van der Waals surface area contributed by atoms with E-state index in [2.05, 4.69) is 46.7 Å². The number of nitrogens with one attached hydrogen (secondary N) is 1. The maximum absolute atomic E-state index is 6.02. The van der Waals surface area contributed by atoms with Crippen LogP contribution in [0.1, 0.15) is 37.5 Å². The van der Waals surface area contributed by atoms with Crippen LogP contribution in [0.2, 0.25) is 0 Å². The first-order valence-corrected chi connectivity index (χ1v) is 8.73. The highest BCUT2D eigenvalue weighted by Gasteiger charge is 2.41. The molecule has 19 heavy (non-hydrogen) atoms. The lowest BCUT2D eigenvalue weighted by molar-refractivity contribution is -0.0774. The molecule has 1 aromatic rings. The number of ether oxygens (including phenoxy) is 1. The first kappa shape index (κ1) is 15.5. The zero-order valence-corrected chi connectivity index (χ0v) is 14.4. The highest BCUT2D eigenvalue weighted by Crippen LogP contribution is 2.39. The Morgan fingerprint density at radius 3 is 2.95 bits per heavy atom. The second-order valence-corrected chi connectivity index (χ2v) is 7.56. The number of likely N-dealkylation sites (N-methyl/N-ethyl adjacent to an activating group) is 1. The topological polar surface area (TPSA) is 21.3 Å². The van der Waals surface area contributed by atoms with Gasteiger partial charge in [0, 0.05) is 28.9 Å². The minimum Gasteiger partial charge on any atom is -0.377 e. The molecule has 1 aliphatic carbocycles. The van der Waals surface area contributed by atoms with E-state index in [-0.39, 0.29) is 5.60 Å². The van der Waals surface area contributed by atoms with Gasteiger partial charge < -0.3 is 10.1 Å². The molecular formula is C15H24BrNOS. The Kier molecular flexibility index (Phi) is 5.46. The number of rotatable bonds is 5. The fourth-order valence-electron chi connectivity index (χ4n) is 3.40. The normalized spacial score (nSPS) is 29.4. The van der Waals surface area contributed by atoms with E-state index in [1.54, 1.807) is 0 Å². The molecule has 0 radical (unpaired) electrons. The molecule has 1 aliphatic rings. The van der Waals surface area contributed by atoms with Crippen molar-refractivity contribution in [2.75, 3.05) is 14.2 Å². The van der Waals surface area contributed by atoms with E-state index in [0.29, 0.717) is 6.04 Å². The average molecular weight is 346 g/mol. The smallest absolute Gasteiger partial charge is 0.0836 e. The van der Waals surface area contributed by atoms with Crippen molar-refractivity contribution in [2.24, 2.45) is 5.92 Å². The third-order valence-corrected chi connectivity index (χ3v) is 6.41. The van der Waals surface area contributed by atoms with Gasteiger partial charge in [0.2, 0.25) is 0 Å². The Balaban J connectivity index is 2.16. The largest absolute Gasteiger partial charge is 0.377 e. The summed E-state index contributed by atoms with van der Waals surface area (Å²) >= 11 is 5.47. The van der Waals surface area contributed by atoms with Gasteiger partial charge in [-0.2, -0.15) is 0 Å². The van der Waals surface area contributed by atoms with E-state index in [1.807, 2.05) is 18.4 Å². The molecule has 0 amide bonds. The monoisotopic (exact) mass is 345 g/mol. The summed E-state index contributed by atoms with van der Waals surface area (Å²) in [6.45, 7) is 2.35. The van der Waals surface area contributed by atoms with Crippen molar-refractivity contribution in [1.82, 2.24) is 5.32 Å². The minimum atomic E-state index is -0.00412. The lowest BCUT2D eigenvalue weighted by Crippen LogP contribution is -2.54. The number of thiophene rings is 1. The summed E-state index contributed by atoms with van der Waals surface area (Å²) in [5.41, 5.74) is -0.00412. The van der Waals surface area contributed by atoms with Gasteiger partial charge in [0.25, 0.3) is 0 Å². The summed E-state index contributed by atoms with van der Waals surface area (Å²) in [5, 5.41) is 5.66. The molecule has 0 saturated heterocycles. The van der Waals surface area contributed by atoms with Gasteiger partial charge in [-0.1, -0.05) is 19.8 Å².